The predicted molar refractivity (Wildman–Crippen MR) is 79.1 cm³/mol. The van der Waals surface area contributed by atoms with Crippen molar-refractivity contribution < 1.29 is 14.3 Å². The van der Waals surface area contributed by atoms with Crippen molar-refractivity contribution in [3.05, 3.63) is 23.8 Å². The minimum atomic E-state index is -0.151. The summed E-state index contributed by atoms with van der Waals surface area (Å²) in [4.78, 5) is 23.5. The zero-order valence-corrected chi connectivity index (χ0v) is 12.1. The molecule has 0 spiro atoms. The molecular weight excluding hydrogens is 268 g/mol. The van der Waals surface area contributed by atoms with Crippen molar-refractivity contribution in [2.75, 3.05) is 11.9 Å². The highest BCUT2D eigenvalue weighted by Crippen LogP contribution is 2.31. The third kappa shape index (κ3) is 3.01. The SMILES string of the molecule is CC(NC(=O)C1CCCC1)c1ccc2c(c1)NC(=O)CO2. The Bertz CT molecular complexity index is 565. The van der Waals surface area contributed by atoms with Crippen LogP contribution in [0.25, 0.3) is 0 Å². The van der Waals surface area contributed by atoms with E-state index in [4.69, 9.17) is 4.74 Å². The van der Waals surface area contributed by atoms with Crippen LogP contribution in [0.15, 0.2) is 18.2 Å². The third-order valence-corrected chi connectivity index (χ3v) is 4.22. The summed E-state index contributed by atoms with van der Waals surface area (Å²) in [7, 11) is 0. The maximum absolute atomic E-state index is 12.2. The van der Waals surface area contributed by atoms with Crippen LogP contribution < -0.4 is 15.4 Å². The average molecular weight is 288 g/mol. The van der Waals surface area contributed by atoms with Crippen LogP contribution >= 0.6 is 0 Å². The summed E-state index contributed by atoms with van der Waals surface area (Å²) in [5, 5.41) is 5.85. The molecule has 0 aromatic heterocycles. The lowest BCUT2D eigenvalue weighted by molar-refractivity contribution is -0.125. The molecule has 3 rings (SSSR count). The smallest absolute Gasteiger partial charge is 0.262 e. The van der Waals surface area contributed by atoms with Crippen molar-refractivity contribution in [3.63, 3.8) is 0 Å². The fourth-order valence-corrected chi connectivity index (χ4v) is 2.97. The van der Waals surface area contributed by atoms with E-state index in [1.807, 2.05) is 25.1 Å². The van der Waals surface area contributed by atoms with Gasteiger partial charge in [-0.25, -0.2) is 0 Å². The highest BCUT2D eigenvalue weighted by Gasteiger charge is 2.24. The lowest BCUT2D eigenvalue weighted by atomic mass is 10.0. The molecule has 1 fully saturated rings. The van der Waals surface area contributed by atoms with Gasteiger partial charge in [-0.2, -0.15) is 0 Å². The first-order valence-corrected chi connectivity index (χ1v) is 7.50. The van der Waals surface area contributed by atoms with Crippen LogP contribution in [0.5, 0.6) is 5.75 Å². The van der Waals surface area contributed by atoms with Crippen LogP contribution in [0.4, 0.5) is 5.69 Å². The minimum Gasteiger partial charge on any atom is -0.482 e. The molecule has 112 valence electrons. The van der Waals surface area contributed by atoms with Gasteiger partial charge in [0.25, 0.3) is 5.91 Å². The predicted octanol–water partition coefficient (Wildman–Crippen LogP) is 2.38. The van der Waals surface area contributed by atoms with Gasteiger partial charge < -0.3 is 15.4 Å². The Hall–Kier alpha value is -2.04. The first kappa shape index (κ1) is 13.9. The van der Waals surface area contributed by atoms with E-state index in [-0.39, 0.29) is 30.4 Å². The van der Waals surface area contributed by atoms with Crippen LogP contribution in [0.2, 0.25) is 0 Å². The van der Waals surface area contributed by atoms with Gasteiger partial charge in [-0.1, -0.05) is 18.9 Å². The monoisotopic (exact) mass is 288 g/mol. The minimum absolute atomic E-state index is 0.0559. The first-order chi connectivity index (χ1) is 10.1. The molecule has 1 aromatic rings. The van der Waals surface area contributed by atoms with E-state index in [2.05, 4.69) is 10.6 Å². The second-order valence-electron chi connectivity index (χ2n) is 5.80. The quantitative estimate of drug-likeness (QED) is 0.897. The second kappa shape index (κ2) is 5.76. The standard InChI is InChI=1S/C16H20N2O3/c1-10(17-16(20)11-4-2-3-5-11)12-6-7-14-13(8-12)18-15(19)9-21-14/h6-8,10-11H,2-5,9H2,1H3,(H,17,20)(H,18,19). The molecule has 1 saturated carbocycles. The van der Waals surface area contributed by atoms with E-state index in [1.54, 1.807) is 0 Å². The molecule has 5 heteroatoms. The van der Waals surface area contributed by atoms with Crippen molar-refractivity contribution in [2.45, 2.75) is 38.6 Å². The summed E-state index contributed by atoms with van der Waals surface area (Å²) >= 11 is 0. The van der Waals surface area contributed by atoms with E-state index in [0.29, 0.717) is 11.4 Å². The summed E-state index contributed by atoms with van der Waals surface area (Å²) in [5.41, 5.74) is 1.64. The largest absolute Gasteiger partial charge is 0.482 e. The maximum atomic E-state index is 12.2. The van der Waals surface area contributed by atoms with E-state index >= 15 is 0 Å². The Balaban J connectivity index is 1.69. The lowest BCUT2D eigenvalue weighted by Crippen LogP contribution is -2.32. The number of benzene rings is 1. The molecule has 1 aliphatic heterocycles. The topological polar surface area (TPSA) is 67.4 Å². The number of hydrogen-bond acceptors (Lipinski definition) is 3. The molecule has 2 N–H and O–H groups in total. The molecule has 0 radical (unpaired) electrons. The molecule has 2 amide bonds. The van der Waals surface area contributed by atoms with Gasteiger partial charge >= 0.3 is 0 Å². The second-order valence-corrected chi connectivity index (χ2v) is 5.80. The number of carbonyl (C=O) groups excluding carboxylic acids is 2. The molecule has 1 heterocycles. The van der Waals surface area contributed by atoms with Crippen molar-refractivity contribution in [2.24, 2.45) is 5.92 Å². The molecular formula is C16H20N2O3. The van der Waals surface area contributed by atoms with Crippen LogP contribution in [-0.4, -0.2) is 18.4 Å². The van der Waals surface area contributed by atoms with Crippen LogP contribution in [0.1, 0.15) is 44.2 Å². The Morgan fingerprint density at radius 1 is 1.38 bits per heavy atom. The van der Waals surface area contributed by atoms with Gasteiger partial charge in [-0.05, 0) is 37.5 Å². The molecule has 1 atom stereocenters. The molecule has 5 nitrogen and oxygen atoms in total. The van der Waals surface area contributed by atoms with E-state index in [9.17, 15) is 9.59 Å². The Kier molecular flexibility index (Phi) is 3.82. The summed E-state index contributed by atoms with van der Waals surface area (Å²) in [6.45, 7) is 2.01. The van der Waals surface area contributed by atoms with Crippen molar-refractivity contribution in [1.29, 1.82) is 0 Å². The third-order valence-electron chi connectivity index (χ3n) is 4.22. The fraction of sp³-hybridized carbons (Fsp3) is 0.500. The molecule has 21 heavy (non-hydrogen) atoms. The zero-order chi connectivity index (χ0) is 14.8. The van der Waals surface area contributed by atoms with E-state index in [0.717, 1.165) is 31.2 Å². The number of nitrogens with one attached hydrogen (secondary N) is 2. The summed E-state index contributed by atoms with van der Waals surface area (Å²) < 4.78 is 5.33. The Morgan fingerprint density at radius 3 is 2.90 bits per heavy atom. The number of ether oxygens (including phenoxy) is 1. The Morgan fingerprint density at radius 2 is 2.14 bits per heavy atom. The highest BCUT2D eigenvalue weighted by molar-refractivity contribution is 5.95. The molecule has 0 saturated heterocycles. The summed E-state index contributed by atoms with van der Waals surface area (Å²) in [6, 6.07) is 5.55. The van der Waals surface area contributed by atoms with Gasteiger partial charge in [0.2, 0.25) is 5.91 Å². The summed E-state index contributed by atoms with van der Waals surface area (Å²) in [5.74, 6) is 0.820. The first-order valence-electron chi connectivity index (χ1n) is 7.50. The van der Waals surface area contributed by atoms with E-state index in [1.165, 1.54) is 0 Å². The van der Waals surface area contributed by atoms with Crippen molar-refractivity contribution in [1.82, 2.24) is 5.32 Å². The van der Waals surface area contributed by atoms with Crippen molar-refractivity contribution in [3.8, 4) is 5.75 Å². The molecule has 2 aliphatic rings. The summed E-state index contributed by atoms with van der Waals surface area (Å²) in [6.07, 6.45) is 4.28. The van der Waals surface area contributed by atoms with Crippen LogP contribution in [-0.2, 0) is 9.59 Å². The zero-order valence-electron chi connectivity index (χ0n) is 12.1. The van der Waals surface area contributed by atoms with Crippen LogP contribution in [0.3, 0.4) is 0 Å². The highest BCUT2D eigenvalue weighted by atomic mass is 16.5. The normalized spacial score (nSPS) is 19.4. The van der Waals surface area contributed by atoms with Gasteiger partial charge in [0.15, 0.2) is 6.61 Å². The number of hydrogen-bond donors (Lipinski definition) is 2. The van der Waals surface area contributed by atoms with Gasteiger partial charge in [-0.15, -0.1) is 0 Å². The molecule has 1 aromatic carbocycles. The Labute approximate surface area is 124 Å². The van der Waals surface area contributed by atoms with Gasteiger partial charge in [-0.3, -0.25) is 9.59 Å². The number of rotatable bonds is 3. The number of anilines is 1. The molecule has 1 aliphatic carbocycles. The number of carbonyl (C=O) groups is 2. The fourth-order valence-electron chi connectivity index (χ4n) is 2.97. The van der Waals surface area contributed by atoms with E-state index < -0.39 is 0 Å². The van der Waals surface area contributed by atoms with Crippen molar-refractivity contribution >= 4 is 17.5 Å². The van der Waals surface area contributed by atoms with Crippen LogP contribution in [0, 0.1) is 5.92 Å². The molecule has 0 bridgehead atoms. The van der Waals surface area contributed by atoms with Gasteiger partial charge in [0.05, 0.1) is 11.7 Å². The maximum Gasteiger partial charge on any atom is 0.262 e. The number of amides is 2. The lowest BCUT2D eigenvalue weighted by Gasteiger charge is -2.21. The average Bonchev–Trinajstić information content (AvgIpc) is 3.00. The van der Waals surface area contributed by atoms with Gasteiger partial charge in [0, 0.05) is 5.92 Å². The molecule has 1 unspecified atom stereocenters. The number of fused-ring (bicyclic) bond motifs is 1. The van der Waals surface area contributed by atoms with Gasteiger partial charge in [0.1, 0.15) is 5.75 Å².